The molecule has 0 bridgehead atoms. The van der Waals surface area contributed by atoms with E-state index in [1.807, 2.05) is 30.3 Å². The van der Waals surface area contributed by atoms with E-state index in [-0.39, 0.29) is 12.3 Å². The molecule has 3 rings (SSSR count). The summed E-state index contributed by atoms with van der Waals surface area (Å²) >= 11 is 0. The zero-order valence-corrected chi connectivity index (χ0v) is 14.3. The highest BCUT2D eigenvalue weighted by atomic mass is 31.2. The lowest BCUT2D eigenvalue weighted by Crippen LogP contribution is -2.19. The van der Waals surface area contributed by atoms with Gasteiger partial charge in [0.2, 0.25) is 0 Å². The summed E-state index contributed by atoms with van der Waals surface area (Å²) in [4.78, 5) is 35.8. The van der Waals surface area contributed by atoms with Gasteiger partial charge in [-0.2, -0.15) is 0 Å². The number of hydrogen-bond donors (Lipinski definition) is 2. The largest absolute Gasteiger partial charge is 0.461 e. The number of fused-ring (bicyclic) bond motifs is 1. The number of carbonyl (C=O) groups excluding carboxylic acids is 1. The van der Waals surface area contributed by atoms with Crippen molar-refractivity contribution in [2.75, 3.05) is 6.61 Å². The lowest BCUT2D eigenvalue weighted by Gasteiger charge is -2.15. The van der Waals surface area contributed by atoms with Crippen molar-refractivity contribution in [2.24, 2.45) is 0 Å². The molecule has 0 unspecified atom stereocenters. The monoisotopic (exact) mass is 357 g/mol. The predicted octanol–water partition coefficient (Wildman–Crippen LogP) is 2.88. The van der Waals surface area contributed by atoms with Gasteiger partial charge in [0.05, 0.1) is 6.61 Å². The van der Waals surface area contributed by atoms with Crippen LogP contribution in [-0.4, -0.2) is 27.3 Å². The molecule has 128 valence electrons. The number of carbonyl (C=O) groups is 1. The molecule has 2 N–H and O–H groups in total. The molecule has 0 radical (unpaired) electrons. The summed E-state index contributed by atoms with van der Waals surface area (Å²) in [5.41, 5.74) is 0.675. The minimum Gasteiger partial charge on any atom is -0.461 e. The summed E-state index contributed by atoms with van der Waals surface area (Å²) in [6.45, 7) is 1.79. The van der Waals surface area contributed by atoms with Crippen molar-refractivity contribution in [3.8, 4) is 11.1 Å². The molecule has 0 aliphatic carbocycles. The average molecular weight is 357 g/mol. The molecule has 0 aliphatic heterocycles. The van der Waals surface area contributed by atoms with E-state index in [0.717, 1.165) is 0 Å². The molecule has 0 aliphatic rings. The molecule has 0 amide bonds. The highest BCUT2D eigenvalue weighted by molar-refractivity contribution is 7.60. The van der Waals surface area contributed by atoms with Gasteiger partial charge in [-0.1, -0.05) is 54.6 Å². The van der Waals surface area contributed by atoms with E-state index in [1.54, 1.807) is 31.2 Å². The molecule has 0 spiro atoms. The van der Waals surface area contributed by atoms with Gasteiger partial charge in [0.1, 0.15) is 0 Å². The van der Waals surface area contributed by atoms with Crippen LogP contribution in [-0.2, 0) is 9.30 Å². The number of benzene rings is 2. The van der Waals surface area contributed by atoms with E-state index in [4.69, 9.17) is 4.74 Å². The van der Waals surface area contributed by atoms with Crippen LogP contribution in [0.3, 0.4) is 0 Å². The highest BCUT2D eigenvalue weighted by Crippen LogP contribution is 2.39. The number of rotatable bonds is 4. The van der Waals surface area contributed by atoms with Gasteiger partial charge in [-0.25, -0.2) is 9.78 Å². The number of nitrogens with zero attached hydrogens (tertiary/aromatic N) is 1. The van der Waals surface area contributed by atoms with Gasteiger partial charge in [0.25, 0.3) is 0 Å². The standard InChI is InChI=1S/C18H16NO5P/c1-2-24-18(20)16-15(12-8-4-3-5-9-12)13-10-6-7-11-14(13)17(19-16)25(21,22)23/h3-11H,2H2,1H3,(H2,21,22,23). The maximum atomic E-state index is 12.4. The molecule has 1 heterocycles. The minimum atomic E-state index is -4.68. The van der Waals surface area contributed by atoms with Crippen LogP contribution in [0.15, 0.2) is 54.6 Å². The van der Waals surface area contributed by atoms with Gasteiger partial charge in [0, 0.05) is 10.9 Å². The van der Waals surface area contributed by atoms with E-state index >= 15 is 0 Å². The lowest BCUT2D eigenvalue weighted by molar-refractivity contribution is 0.0521. The normalized spacial score (nSPS) is 11.5. The summed E-state index contributed by atoms with van der Waals surface area (Å²) in [6, 6.07) is 15.8. The van der Waals surface area contributed by atoms with E-state index in [0.29, 0.717) is 21.9 Å². The molecule has 25 heavy (non-hydrogen) atoms. The van der Waals surface area contributed by atoms with Gasteiger partial charge >= 0.3 is 13.6 Å². The van der Waals surface area contributed by atoms with Crippen LogP contribution in [0.2, 0.25) is 0 Å². The van der Waals surface area contributed by atoms with Crippen LogP contribution in [0, 0.1) is 0 Å². The van der Waals surface area contributed by atoms with Crippen molar-refractivity contribution in [1.29, 1.82) is 0 Å². The Kier molecular flexibility index (Phi) is 4.68. The van der Waals surface area contributed by atoms with Crippen molar-refractivity contribution in [2.45, 2.75) is 6.92 Å². The molecule has 2 aromatic carbocycles. The summed E-state index contributed by atoms with van der Waals surface area (Å²) in [7, 11) is -4.68. The SMILES string of the molecule is CCOC(=O)c1nc(P(=O)(O)O)c2ccccc2c1-c1ccccc1. The summed E-state index contributed by atoms with van der Waals surface area (Å²) in [5.74, 6) is -0.721. The maximum absolute atomic E-state index is 12.4. The number of esters is 1. The minimum absolute atomic E-state index is 0.106. The Hall–Kier alpha value is -2.53. The fourth-order valence-electron chi connectivity index (χ4n) is 2.71. The first-order chi connectivity index (χ1) is 11.9. The molecule has 6 nitrogen and oxygen atoms in total. The second-order valence-corrected chi connectivity index (χ2v) is 6.85. The molecule has 7 heteroatoms. The summed E-state index contributed by atoms with van der Waals surface area (Å²) in [5, 5.41) is 0.841. The number of aromatic nitrogens is 1. The van der Waals surface area contributed by atoms with Crippen molar-refractivity contribution in [3.05, 3.63) is 60.3 Å². The number of ether oxygens (including phenoxy) is 1. The summed E-state index contributed by atoms with van der Waals surface area (Å²) in [6.07, 6.45) is 0. The third-order valence-electron chi connectivity index (χ3n) is 3.70. The Morgan fingerprint density at radius 1 is 1.04 bits per heavy atom. The Morgan fingerprint density at radius 3 is 2.24 bits per heavy atom. The number of pyridine rings is 1. The Bertz CT molecular complexity index is 981. The van der Waals surface area contributed by atoms with E-state index in [2.05, 4.69) is 4.98 Å². The third-order valence-corrected chi connectivity index (χ3v) is 4.59. The summed E-state index contributed by atoms with van der Waals surface area (Å²) < 4.78 is 17.0. The lowest BCUT2D eigenvalue weighted by atomic mass is 9.97. The van der Waals surface area contributed by atoms with Crippen LogP contribution in [0.1, 0.15) is 17.4 Å². The van der Waals surface area contributed by atoms with Gasteiger partial charge < -0.3 is 14.5 Å². The quantitative estimate of drug-likeness (QED) is 0.550. The zero-order chi connectivity index (χ0) is 18.0. The Morgan fingerprint density at radius 2 is 1.64 bits per heavy atom. The first-order valence-electron chi connectivity index (χ1n) is 7.65. The van der Waals surface area contributed by atoms with Crippen LogP contribution >= 0.6 is 7.60 Å². The van der Waals surface area contributed by atoms with Crippen molar-refractivity contribution in [3.63, 3.8) is 0 Å². The van der Waals surface area contributed by atoms with Crippen molar-refractivity contribution >= 4 is 29.8 Å². The molecule has 3 aromatic rings. The van der Waals surface area contributed by atoms with Crippen molar-refractivity contribution in [1.82, 2.24) is 4.98 Å². The van der Waals surface area contributed by atoms with E-state index < -0.39 is 19.0 Å². The molecule has 1 aromatic heterocycles. The van der Waals surface area contributed by atoms with Crippen molar-refractivity contribution < 1.29 is 23.9 Å². The van der Waals surface area contributed by atoms with Crippen LogP contribution in [0.4, 0.5) is 0 Å². The van der Waals surface area contributed by atoms with Crippen LogP contribution in [0.25, 0.3) is 21.9 Å². The topological polar surface area (TPSA) is 96.7 Å². The second-order valence-electron chi connectivity index (χ2n) is 5.34. The number of hydrogen-bond acceptors (Lipinski definition) is 4. The first kappa shape index (κ1) is 17.3. The smallest absolute Gasteiger partial charge is 0.375 e. The molecular formula is C18H16NO5P. The van der Waals surface area contributed by atoms with Gasteiger partial charge in [-0.05, 0) is 17.9 Å². The Balaban J connectivity index is 2.45. The molecule has 0 saturated heterocycles. The maximum Gasteiger partial charge on any atom is 0.375 e. The zero-order valence-electron chi connectivity index (χ0n) is 13.4. The highest BCUT2D eigenvalue weighted by Gasteiger charge is 2.28. The predicted molar refractivity (Wildman–Crippen MR) is 94.8 cm³/mol. The third kappa shape index (κ3) is 3.33. The van der Waals surface area contributed by atoms with Gasteiger partial charge in [0.15, 0.2) is 11.1 Å². The average Bonchev–Trinajstić information content (AvgIpc) is 2.60. The molecule has 0 saturated carbocycles. The van der Waals surface area contributed by atoms with Gasteiger partial charge in [-0.15, -0.1) is 0 Å². The fourth-order valence-corrected chi connectivity index (χ4v) is 3.45. The van der Waals surface area contributed by atoms with Crippen LogP contribution in [0.5, 0.6) is 0 Å². The first-order valence-corrected chi connectivity index (χ1v) is 9.26. The fraction of sp³-hybridized carbons (Fsp3) is 0.111. The van der Waals surface area contributed by atoms with E-state index in [1.165, 1.54) is 0 Å². The Labute approximate surface area is 144 Å². The molecular weight excluding hydrogens is 341 g/mol. The second kappa shape index (κ2) is 6.76. The molecule has 0 fully saturated rings. The van der Waals surface area contributed by atoms with E-state index in [9.17, 15) is 19.1 Å². The van der Waals surface area contributed by atoms with Crippen LogP contribution < -0.4 is 5.44 Å². The van der Waals surface area contributed by atoms with Gasteiger partial charge in [-0.3, -0.25) is 4.57 Å². The molecule has 0 atom stereocenters.